The van der Waals surface area contributed by atoms with Gasteiger partial charge in [-0.3, -0.25) is 4.79 Å². The minimum Gasteiger partial charge on any atom is -0.493 e. The van der Waals surface area contributed by atoms with Gasteiger partial charge >= 0.3 is 5.97 Å². The van der Waals surface area contributed by atoms with Crippen LogP contribution in [0.15, 0.2) is 71.8 Å². The predicted octanol–water partition coefficient (Wildman–Crippen LogP) is 4.64. The highest BCUT2D eigenvalue weighted by molar-refractivity contribution is 6.30. The minimum absolute atomic E-state index is 0.283. The number of nitrogens with one attached hydrogen (secondary N) is 1. The number of carbonyl (C=O) groups excluding carboxylic acids is 2. The van der Waals surface area contributed by atoms with Crippen molar-refractivity contribution in [2.75, 3.05) is 7.11 Å². The molecule has 3 aromatic carbocycles. The van der Waals surface area contributed by atoms with Crippen LogP contribution in [-0.4, -0.2) is 25.2 Å². The first kappa shape index (κ1) is 21.1. The first-order chi connectivity index (χ1) is 14.5. The number of hydrogen-bond acceptors (Lipinski definition) is 5. The van der Waals surface area contributed by atoms with Gasteiger partial charge in [-0.15, -0.1) is 0 Å². The van der Waals surface area contributed by atoms with E-state index in [9.17, 15) is 9.59 Å². The molecule has 6 nitrogen and oxygen atoms in total. The van der Waals surface area contributed by atoms with Gasteiger partial charge in [-0.2, -0.15) is 5.10 Å². The highest BCUT2D eigenvalue weighted by atomic mass is 35.5. The number of esters is 1. The van der Waals surface area contributed by atoms with Gasteiger partial charge in [-0.1, -0.05) is 29.3 Å². The molecule has 0 aliphatic rings. The van der Waals surface area contributed by atoms with Crippen LogP contribution in [0, 0.1) is 6.92 Å². The number of aryl methyl sites for hydroxylation is 1. The summed E-state index contributed by atoms with van der Waals surface area (Å²) in [5.41, 5.74) is 5.02. The number of methoxy groups -OCH3 is 1. The van der Waals surface area contributed by atoms with Gasteiger partial charge in [0.1, 0.15) is 0 Å². The van der Waals surface area contributed by atoms with Crippen molar-refractivity contribution in [2.24, 2.45) is 5.10 Å². The Morgan fingerprint density at radius 1 is 0.933 bits per heavy atom. The Morgan fingerprint density at radius 2 is 1.60 bits per heavy atom. The highest BCUT2D eigenvalue weighted by Crippen LogP contribution is 2.28. The molecule has 0 saturated carbocycles. The van der Waals surface area contributed by atoms with Crippen molar-refractivity contribution in [3.05, 3.63) is 94.0 Å². The average molecular weight is 423 g/mol. The first-order valence-corrected chi connectivity index (χ1v) is 9.40. The van der Waals surface area contributed by atoms with Crippen molar-refractivity contribution >= 4 is 29.7 Å². The lowest BCUT2D eigenvalue weighted by atomic mass is 10.1. The summed E-state index contributed by atoms with van der Waals surface area (Å²) in [6.07, 6.45) is 1.46. The summed E-state index contributed by atoms with van der Waals surface area (Å²) >= 11 is 5.81. The van der Waals surface area contributed by atoms with E-state index >= 15 is 0 Å². The molecule has 1 N–H and O–H groups in total. The molecule has 0 fully saturated rings. The van der Waals surface area contributed by atoms with Crippen molar-refractivity contribution < 1.29 is 19.1 Å². The van der Waals surface area contributed by atoms with Crippen LogP contribution in [-0.2, 0) is 0 Å². The third-order valence-electron chi connectivity index (χ3n) is 4.16. The van der Waals surface area contributed by atoms with E-state index in [0.29, 0.717) is 27.5 Å². The molecule has 7 heteroatoms. The summed E-state index contributed by atoms with van der Waals surface area (Å²) in [4.78, 5) is 24.4. The zero-order chi connectivity index (χ0) is 21.5. The second kappa shape index (κ2) is 9.71. The molecule has 0 spiro atoms. The first-order valence-electron chi connectivity index (χ1n) is 9.02. The molecule has 0 heterocycles. The zero-order valence-electron chi connectivity index (χ0n) is 16.4. The van der Waals surface area contributed by atoms with Crippen molar-refractivity contribution in [1.29, 1.82) is 0 Å². The van der Waals surface area contributed by atoms with Crippen molar-refractivity contribution in [3.8, 4) is 11.5 Å². The summed E-state index contributed by atoms with van der Waals surface area (Å²) in [7, 11) is 1.47. The van der Waals surface area contributed by atoms with Crippen LogP contribution < -0.4 is 14.9 Å². The van der Waals surface area contributed by atoms with Crippen LogP contribution in [0.2, 0.25) is 5.02 Å². The molecule has 152 valence electrons. The fraction of sp³-hybridized carbons (Fsp3) is 0.0870. The molecule has 0 unspecified atom stereocenters. The van der Waals surface area contributed by atoms with Gasteiger partial charge < -0.3 is 9.47 Å². The van der Waals surface area contributed by atoms with Crippen molar-refractivity contribution in [2.45, 2.75) is 6.92 Å². The molecule has 30 heavy (non-hydrogen) atoms. The van der Waals surface area contributed by atoms with Gasteiger partial charge in [0.15, 0.2) is 11.5 Å². The maximum atomic E-state index is 12.3. The van der Waals surface area contributed by atoms with E-state index in [2.05, 4.69) is 10.5 Å². The number of carbonyl (C=O) groups is 2. The maximum absolute atomic E-state index is 12.3. The van der Waals surface area contributed by atoms with Crippen LogP contribution in [0.5, 0.6) is 11.5 Å². The Hall–Kier alpha value is -3.64. The topological polar surface area (TPSA) is 77.0 Å². The molecule has 0 aliphatic carbocycles. The van der Waals surface area contributed by atoms with Gasteiger partial charge in [0, 0.05) is 10.6 Å². The predicted molar refractivity (Wildman–Crippen MR) is 116 cm³/mol. The minimum atomic E-state index is -0.482. The number of rotatable bonds is 6. The van der Waals surface area contributed by atoms with Crippen LogP contribution in [0.25, 0.3) is 0 Å². The van der Waals surface area contributed by atoms with E-state index in [4.69, 9.17) is 21.1 Å². The SMILES string of the molecule is COc1cc(C=NNC(=O)c2ccc(Cl)cc2)ccc1OC(=O)c1ccc(C)cc1. The lowest BCUT2D eigenvalue weighted by molar-refractivity contribution is 0.0729. The lowest BCUT2D eigenvalue weighted by Gasteiger charge is -2.10. The van der Waals surface area contributed by atoms with Gasteiger partial charge in [-0.25, -0.2) is 10.2 Å². The van der Waals surface area contributed by atoms with Gasteiger partial charge in [-0.05, 0) is 67.1 Å². The van der Waals surface area contributed by atoms with Gasteiger partial charge in [0.25, 0.3) is 5.91 Å². The summed E-state index contributed by atoms with van der Waals surface area (Å²) in [6, 6.07) is 18.5. The Balaban J connectivity index is 1.66. The van der Waals surface area contributed by atoms with Crippen LogP contribution in [0.1, 0.15) is 31.8 Å². The highest BCUT2D eigenvalue weighted by Gasteiger charge is 2.12. The van der Waals surface area contributed by atoms with E-state index in [1.54, 1.807) is 54.6 Å². The smallest absolute Gasteiger partial charge is 0.343 e. The van der Waals surface area contributed by atoms with Gasteiger partial charge in [0.2, 0.25) is 0 Å². The molecule has 3 aromatic rings. The molecule has 0 radical (unpaired) electrons. The number of ether oxygens (including phenoxy) is 2. The molecule has 0 bridgehead atoms. The summed E-state index contributed by atoms with van der Waals surface area (Å²) < 4.78 is 10.7. The standard InChI is InChI=1S/C23H19ClN2O4/c1-15-3-6-18(7-4-15)23(28)30-20-12-5-16(13-21(20)29-2)14-25-26-22(27)17-8-10-19(24)11-9-17/h3-14H,1-2H3,(H,26,27). The molecular formula is C23H19ClN2O4. The van der Waals surface area contributed by atoms with E-state index in [0.717, 1.165) is 5.56 Å². The molecule has 0 saturated heterocycles. The number of nitrogens with zero attached hydrogens (tertiary/aromatic N) is 1. The Morgan fingerprint density at radius 3 is 2.27 bits per heavy atom. The number of hydrogen-bond donors (Lipinski definition) is 1. The van der Waals surface area contributed by atoms with Crippen LogP contribution >= 0.6 is 11.6 Å². The molecule has 0 aromatic heterocycles. The summed E-state index contributed by atoms with van der Waals surface area (Å²) in [6.45, 7) is 1.94. The molecular weight excluding hydrogens is 404 g/mol. The van der Waals surface area contributed by atoms with E-state index < -0.39 is 5.97 Å². The second-order valence-corrected chi connectivity index (χ2v) is 6.81. The molecule has 1 amide bonds. The zero-order valence-corrected chi connectivity index (χ0v) is 17.1. The Kier molecular flexibility index (Phi) is 6.83. The monoisotopic (exact) mass is 422 g/mol. The Bertz CT molecular complexity index is 1080. The van der Waals surface area contributed by atoms with E-state index in [-0.39, 0.29) is 11.7 Å². The molecule has 0 atom stereocenters. The maximum Gasteiger partial charge on any atom is 0.343 e. The molecule has 0 aliphatic heterocycles. The molecule has 3 rings (SSSR count). The van der Waals surface area contributed by atoms with E-state index in [1.807, 2.05) is 19.1 Å². The number of hydrazone groups is 1. The number of halogens is 1. The van der Waals surface area contributed by atoms with Crippen molar-refractivity contribution in [3.63, 3.8) is 0 Å². The fourth-order valence-corrected chi connectivity index (χ4v) is 2.65. The lowest BCUT2D eigenvalue weighted by Crippen LogP contribution is -2.17. The second-order valence-electron chi connectivity index (χ2n) is 6.37. The summed E-state index contributed by atoms with van der Waals surface area (Å²) in [5.74, 6) is -0.197. The fourth-order valence-electron chi connectivity index (χ4n) is 2.53. The number of amides is 1. The Labute approximate surface area is 179 Å². The number of benzene rings is 3. The van der Waals surface area contributed by atoms with Crippen LogP contribution in [0.3, 0.4) is 0 Å². The quantitative estimate of drug-likeness (QED) is 0.272. The normalized spacial score (nSPS) is 10.6. The van der Waals surface area contributed by atoms with Crippen LogP contribution in [0.4, 0.5) is 0 Å². The van der Waals surface area contributed by atoms with Crippen molar-refractivity contribution in [1.82, 2.24) is 5.43 Å². The summed E-state index contributed by atoms with van der Waals surface area (Å²) in [5, 5.41) is 4.49. The van der Waals surface area contributed by atoms with Gasteiger partial charge in [0.05, 0.1) is 18.9 Å². The van der Waals surface area contributed by atoms with E-state index in [1.165, 1.54) is 13.3 Å². The average Bonchev–Trinajstić information content (AvgIpc) is 2.75. The third-order valence-corrected chi connectivity index (χ3v) is 4.42. The largest absolute Gasteiger partial charge is 0.493 e. The third kappa shape index (κ3) is 5.46.